The van der Waals surface area contributed by atoms with Gasteiger partial charge in [-0.25, -0.2) is 15.0 Å². The van der Waals surface area contributed by atoms with Crippen LogP contribution in [0.5, 0.6) is 5.75 Å². The van der Waals surface area contributed by atoms with Gasteiger partial charge in [-0.1, -0.05) is 18.2 Å². The average Bonchev–Trinajstić information content (AvgIpc) is 3.35. The fourth-order valence-corrected chi connectivity index (χ4v) is 4.89. The predicted molar refractivity (Wildman–Crippen MR) is 124 cm³/mol. The van der Waals surface area contributed by atoms with Crippen molar-refractivity contribution >= 4 is 11.7 Å². The molecule has 2 aliphatic rings. The molecule has 0 N–H and O–H groups in total. The third-order valence-corrected chi connectivity index (χ3v) is 6.51. The maximum Gasteiger partial charge on any atom is 0.274 e. The minimum atomic E-state index is -0.154. The lowest BCUT2D eigenvalue weighted by Gasteiger charge is -2.32. The van der Waals surface area contributed by atoms with Crippen molar-refractivity contribution in [3.8, 4) is 5.75 Å². The van der Waals surface area contributed by atoms with Gasteiger partial charge in [0.05, 0.1) is 19.3 Å². The summed E-state index contributed by atoms with van der Waals surface area (Å²) in [4.78, 5) is 35.5. The molecule has 1 unspecified atom stereocenters. The van der Waals surface area contributed by atoms with Crippen LogP contribution < -0.4 is 9.64 Å². The Labute approximate surface area is 193 Å². The van der Waals surface area contributed by atoms with Crippen LogP contribution >= 0.6 is 0 Å². The fourth-order valence-electron chi connectivity index (χ4n) is 4.89. The molecule has 4 heterocycles. The normalized spacial score (nSPS) is 17.7. The highest BCUT2D eigenvalue weighted by Gasteiger charge is 2.35. The van der Waals surface area contributed by atoms with E-state index >= 15 is 0 Å². The van der Waals surface area contributed by atoms with Crippen molar-refractivity contribution in [3.63, 3.8) is 0 Å². The zero-order valence-electron chi connectivity index (χ0n) is 19.1. The van der Waals surface area contributed by atoms with E-state index in [9.17, 15) is 4.79 Å². The molecule has 8 heteroatoms. The van der Waals surface area contributed by atoms with Gasteiger partial charge in [0.15, 0.2) is 5.82 Å². The summed E-state index contributed by atoms with van der Waals surface area (Å²) in [5, 5.41) is 0. The van der Waals surface area contributed by atoms with Crippen LogP contribution in [0.25, 0.3) is 0 Å². The first kappa shape index (κ1) is 21.3. The lowest BCUT2D eigenvalue weighted by atomic mass is 10.0. The number of para-hydroxylation sites is 1. The van der Waals surface area contributed by atoms with Crippen molar-refractivity contribution in [2.75, 3.05) is 25.1 Å². The van der Waals surface area contributed by atoms with Crippen LogP contribution in [0.2, 0.25) is 0 Å². The molecule has 5 rings (SSSR count). The number of hydrogen-bond donors (Lipinski definition) is 0. The number of fused-ring (bicyclic) bond motifs is 1. The maximum absolute atomic E-state index is 13.1. The van der Waals surface area contributed by atoms with Crippen LogP contribution in [0.3, 0.4) is 0 Å². The topological polar surface area (TPSA) is 84.3 Å². The highest BCUT2D eigenvalue weighted by atomic mass is 16.5. The van der Waals surface area contributed by atoms with E-state index < -0.39 is 0 Å². The van der Waals surface area contributed by atoms with E-state index in [1.165, 1.54) is 11.8 Å². The van der Waals surface area contributed by atoms with Gasteiger partial charge in [-0.05, 0) is 38.7 Å². The van der Waals surface area contributed by atoms with Gasteiger partial charge < -0.3 is 14.5 Å². The van der Waals surface area contributed by atoms with Gasteiger partial charge in [0.2, 0.25) is 0 Å². The Morgan fingerprint density at radius 3 is 2.85 bits per heavy atom. The molecule has 0 saturated carbocycles. The summed E-state index contributed by atoms with van der Waals surface area (Å²) >= 11 is 0. The molecule has 1 atom stereocenters. The maximum atomic E-state index is 13.1. The van der Waals surface area contributed by atoms with Crippen molar-refractivity contribution in [1.29, 1.82) is 0 Å². The van der Waals surface area contributed by atoms with Gasteiger partial charge in [0.25, 0.3) is 5.91 Å². The lowest BCUT2D eigenvalue weighted by Crippen LogP contribution is -2.34. The first-order chi connectivity index (χ1) is 16.2. The Bertz CT molecular complexity index is 1150. The number of ether oxygens (including phenoxy) is 1. The second-order valence-electron chi connectivity index (χ2n) is 8.55. The fraction of sp³-hybridized carbons (Fsp3) is 0.400. The number of nitrogens with zero attached hydrogens (tertiary/aromatic N) is 6. The molecule has 170 valence electrons. The highest BCUT2D eigenvalue weighted by molar-refractivity contribution is 5.92. The Balaban J connectivity index is 1.47. The summed E-state index contributed by atoms with van der Waals surface area (Å²) in [6.45, 7) is 4.37. The van der Waals surface area contributed by atoms with Gasteiger partial charge in [-0.2, -0.15) is 0 Å². The standard InChI is InChI=1S/C25H28N6O2/c1-17-19-8-5-13-30(16-18-7-3-4-10-22(18)33-2)24(19)29-23(28-17)21-9-6-14-31(21)25(32)20-15-26-11-12-27-20/h3-4,7,10-12,15,21H,5-6,8-9,13-14,16H2,1-2H3. The summed E-state index contributed by atoms with van der Waals surface area (Å²) in [6.07, 6.45) is 8.44. The zero-order valence-corrected chi connectivity index (χ0v) is 19.1. The van der Waals surface area contributed by atoms with Crippen molar-refractivity contribution < 1.29 is 9.53 Å². The van der Waals surface area contributed by atoms with E-state index in [1.807, 2.05) is 23.1 Å². The molecule has 8 nitrogen and oxygen atoms in total. The quantitative estimate of drug-likeness (QED) is 0.595. The number of benzene rings is 1. The van der Waals surface area contributed by atoms with Gasteiger partial charge >= 0.3 is 0 Å². The van der Waals surface area contributed by atoms with E-state index in [1.54, 1.807) is 19.5 Å². The summed E-state index contributed by atoms with van der Waals surface area (Å²) in [6, 6.07) is 7.96. The number of amides is 1. The number of aromatic nitrogens is 4. The molecule has 1 aromatic carbocycles. The van der Waals surface area contributed by atoms with E-state index in [0.29, 0.717) is 18.1 Å². The minimum Gasteiger partial charge on any atom is -0.496 e. The van der Waals surface area contributed by atoms with Crippen LogP contribution in [-0.4, -0.2) is 50.9 Å². The van der Waals surface area contributed by atoms with Crippen LogP contribution in [-0.2, 0) is 13.0 Å². The first-order valence-electron chi connectivity index (χ1n) is 11.5. The second-order valence-corrected chi connectivity index (χ2v) is 8.55. The molecule has 0 spiro atoms. The molecular formula is C25H28N6O2. The van der Waals surface area contributed by atoms with Crippen molar-refractivity contribution in [3.05, 3.63) is 71.2 Å². The molecule has 33 heavy (non-hydrogen) atoms. The summed E-state index contributed by atoms with van der Waals surface area (Å²) in [5.74, 6) is 2.46. The van der Waals surface area contributed by atoms with Gasteiger partial charge in [-0.15, -0.1) is 0 Å². The Hall–Kier alpha value is -3.55. The third-order valence-electron chi connectivity index (χ3n) is 6.51. The number of likely N-dealkylation sites (tertiary alicyclic amines) is 1. The minimum absolute atomic E-state index is 0.115. The molecule has 2 aromatic heterocycles. The summed E-state index contributed by atoms with van der Waals surface area (Å²) < 4.78 is 5.57. The van der Waals surface area contributed by atoms with Crippen LogP contribution in [0.15, 0.2) is 42.9 Å². The van der Waals surface area contributed by atoms with Crippen LogP contribution in [0.1, 0.15) is 58.4 Å². The molecular weight excluding hydrogens is 416 g/mol. The average molecular weight is 445 g/mol. The molecule has 0 bridgehead atoms. The monoisotopic (exact) mass is 444 g/mol. The van der Waals surface area contributed by atoms with E-state index in [4.69, 9.17) is 14.7 Å². The van der Waals surface area contributed by atoms with Gasteiger partial charge in [0.1, 0.15) is 17.3 Å². The van der Waals surface area contributed by atoms with Crippen molar-refractivity contribution in [2.45, 2.75) is 45.2 Å². The van der Waals surface area contributed by atoms with Gasteiger partial charge in [-0.3, -0.25) is 9.78 Å². The lowest BCUT2D eigenvalue weighted by molar-refractivity contribution is 0.0723. The summed E-state index contributed by atoms with van der Waals surface area (Å²) in [7, 11) is 1.70. The number of methoxy groups -OCH3 is 1. The number of rotatable bonds is 5. The Kier molecular flexibility index (Phi) is 5.90. The van der Waals surface area contributed by atoms with Crippen molar-refractivity contribution in [1.82, 2.24) is 24.8 Å². The number of anilines is 1. The molecule has 3 aromatic rings. The van der Waals surface area contributed by atoms with Crippen molar-refractivity contribution in [2.24, 2.45) is 0 Å². The molecule has 1 fully saturated rings. The smallest absolute Gasteiger partial charge is 0.274 e. The van der Waals surface area contributed by atoms with E-state index in [-0.39, 0.29) is 11.9 Å². The van der Waals surface area contributed by atoms with E-state index in [0.717, 1.165) is 61.6 Å². The largest absolute Gasteiger partial charge is 0.496 e. The first-order valence-corrected chi connectivity index (χ1v) is 11.5. The van der Waals surface area contributed by atoms with E-state index in [2.05, 4.69) is 27.9 Å². The van der Waals surface area contributed by atoms with Crippen LogP contribution in [0, 0.1) is 6.92 Å². The molecule has 0 radical (unpaired) electrons. The summed E-state index contributed by atoms with van der Waals surface area (Å²) in [5.41, 5.74) is 3.69. The number of carbonyl (C=O) groups excluding carboxylic acids is 1. The zero-order chi connectivity index (χ0) is 22.8. The Morgan fingerprint density at radius 2 is 2.03 bits per heavy atom. The molecule has 1 saturated heterocycles. The number of carbonyl (C=O) groups is 1. The third kappa shape index (κ3) is 4.13. The molecule has 0 aliphatic carbocycles. The number of hydrogen-bond acceptors (Lipinski definition) is 7. The predicted octanol–water partition coefficient (Wildman–Crippen LogP) is 3.51. The van der Waals surface area contributed by atoms with Gasteiger partial charge in [0, 0.05) is 48.8 Å². The molecule has 1 amide bonds. The SMILES string of the molecule is COc1ccccc1CN1CCCc2c(C)nc(C3CCCN3C(=O)c3cnccn3)nc21. The Morgan fingerprint density at radius 1 is 1.15 bits per heavy atom. The second kappa shape index (κ2) is 9.13. The van der Waals surface area contributed by atoms with Crippen LogP contribution in [0.4, 0.5) is 5.82 Å². The highest BCUT2D eigenvalue weighted by Crippen LogP contribution is 2.35. The molecule has 2 aliphatic heterocycles. The number of aryl methyl sites for hydroxylation is 1.